The lowest BCUT2D eigenvalue weighted by Gasteiger charge is -2.27. The molecule has 0 saturated carbocycles. The molecule has 0 saturated heterocycles. The molecule has 1 heterocycles. The smallest absolute Gasteiger partial charge is 0.301 e. The third-order valence-corrected chi connectivity index (χ3v) is 3.71. The van der Waals surface area contributed by atoms with E-state index in [1.807, 2.05) is 6.92 Å². The van der Waals surface area contributed by atoms with E-state index >= 15 is 0 Å². The molecule has 1 atom stereocenters. The summed E-state index contributed by atoms with van der Waals surface area (Å²) in [4.78, 5) is 7.60. The normalized spacial score (nSPS) is 17.7. The summed E-state index contributed by atoms with van der Waals surface area (Å²) in [5.74, 6) is 0.885. The minimum absolute atomic E-state index is 0.254. The number of nitrogens with one attached hydrogen (secondary N) is 1. The van der Waals surface area contributed by atoms with Crippen molar-refractivity contribution in [2.75, 3.05) is 6.67 Å². The van der Waals surface area contributed by atoms with Crippen molar-refractivity contribution in [2.45, 2.75) is 65.5 Å². The molecule has 0 aliphatic carbocycles. The van der Waals surface area contributed by atoms with Crippen LogP contribution in [0.2, 0.25) is 0 Å². The molecule has 0 radical (unpaired) electrons. The second kappa shape index (κ2) is 10.3. The summed E-state index contributed by atoms with van der Waals surface area (Å²) in [6.07, 6.45) is 7.49. The Kier molecular flexibility index (Phi) is 8.69. The van der Waals surface area contributed by atoms with Crippen LogP contribution in [0.5, 0.6) is 0 Å². The number of nitrogens with zero attached hydrogens (tertiary/aromatic N) is 3. The lowest BCUT2D eigenvalue weighted by Crippen LogP contribution is -2.43. The Bertz CT molecular complexity index is 469. The highest BCUT2D eigenvalue weighted by Gasteiger charge is 2.22. The van der Waals surface area contributed by atoms with Gasteiger partial charge in [0, 0.05) is 12.3 Å². The van der Waals surface area contributed by atoms with E-state index in [9.17, 15) is 8.78 Å². The van der Waals surface area contributed by atoms with E-state index in [4.69, 9.17) is 0 Å². The summed E-state index contributed by atoms with van der Waals surface area (Å²) in [6, 6.07) is 0.254. The Labute approximate surface area is 138 Å². The monoisotopic (exact) mass is 326 g/mol. The van der Waals surface area contributed by atoms with Gasteiger partial charge in [-0.1, -0.05) is 18.1 Å². The zero-order chi connectivity index (χ0) is 17.2. The van der Waals surface area contributed by atoms with E-state index in [0.717, 1.165) is 37.1 Å². The summed E-state index contributed by atoms with van der Waals surface area (Å²) < 4.78 is 23.9. The Morgan fingerprint density at radius 2 is 2.22 bits per heavy atom. The number of halogens is 2. The van der Waals surface area contributed by atoms with Crippen molar-refractivity contribution in [2.24, 2.45) is 9.98 Å². The molecular formula is C17H28F2N4. The van der Waals surface area contributed by atoms with Crippen LogP contribution in [0, 0.1) is 0 Å². The van der Waals surface area contributed by atoms with Gasteiger partial charge in [0.1, 0.15) is 12.5 Å². The van der Waals surface area contributed by atoms with Crippen LogP contribution in [0.15, 0.2) is 33.8 Å². The molecule has 0 aromatic carbocycles. The molecule has 1 unspecified atom stereocenters. The van der Waals surface area contributed by atoms with Crippen LogP contribution < -0.4 is 5.43 Å². The molecule has 0 aromatic heterocycles. The zero-order valence-electron chi connectivity index (χ0n) is 14.4. The van der Waals surface area contributed by atoms with Gasteiger partial charge in [0.15, 0.2) is 0 Å². The van der Waals surface area contributed by atoms with Gasteiger partial charge in [-0.3, -0.25) is 0 Å². The van der Waals surface area contributed by atoms with Crippen molar-refractivity contribution >= 4 is 12.1 Å². The van der Waals surface area contributed by atoms with Gasteiger partial charge < -0.3 is 5.43 Å². The van der Waals surface area contributed by atoms with Crippen molar-refractivity contribution in [3.05, 3.63) is 23.8 Å². The topological polar surface area (TPSA) is 40.0 Å². The molecule has 0 fully saturated rings. The Balaban J connectivity index is 2.51. The van der Waals surface area contributed by atoms with E-state index in [1.165, 1.54) is 11.8 Å². The van der Waals surface area contributed by atoms with Gasteiger partial charge >= 0.3 is 6.55 Å². The fourth-order valence-corrected chi connectivity index (χ4v) is 2.36. The van der Waals surface area contributed by atoms with Crippen molar-refractivity contribution in [1.82, 2.24) is 10.4 Å². The van der Waals surface area contributed by atoms with Gasteiger partial charge in [-0.2, -0.15) is 13.8 Å². The Hall–Kier alpha value is -1.56. The number of aliphatic imine (C=N–C) groups is 2. The first-order chi connectivity index (χ1) is 10.9. The average molecular weight is 326 g/mol. The molecule has 1 aliphatic rings. The van der Waals surface area contributed by atoms with Crippen LogP contribution in [0.25, 0.3) is 0 Å². The van der Waals surface area contributed by atoms with Crippen LogP contribution in [0.3, 0.4) is 0 Å². The van der Waals surface area contributed by atoms with Crippen molar-refractivity contribution in [1.29, 1.82) is 0 Å². The lowest BCUT2D eigenvalue weighted by atomic mass is 10.0. The van der Waals surface area contributed by atoms with E-state index < -0.39 is 6.55 Å². The molecule has 4 nitrogen and oxygen atoms in total. The second-order valence-electron chi connectivity index (χ2n) is 5.97. The molecule has 0 amide bonds. The van der Waals surface area contributed by atoms with Crippen LogP contribution in [-0.2, 0) is 0 Å². The first-order valence-electron chi connectivity index (χ1n) is 8.11. The largest absolute Gasteiger partial charge is 0.331 e. The number of rotatable bonds is 10. The van der Waals surface area contributed by atoms with Gasteiger partial charge in [-0.15, -0.1) is 6.58 Å². The second-order valence-corrected chi connectivity index (χ2v) is 5.97. The lowest BCUT2D eigenvalue weighted by molar-refractivity contribution is 0.160. The fourth-order valence-electron chi connectivity index (χ4n) is 2.36. The minimum Gasteiger partial charge on any atom is -0.301 e. The predicted octanol–water partition coefficient (Wildman–Crippen LogP) is 4.32. The number of hydrogen-bond donors (Lipinski definition) is 1. The quantitative estimate of drug-likeness (QED) is 0.281. The number of unbranched alkanes of at least 4 members (excludes halogenated alkanes) is 1. The fraction of sp³-hybridized carbons (Fsp3) is 0.647. The first kappa shape index (κ1) is 19.5. The molecular weight excluding hydrogens is 298 g/mol. The molecule has 23 heavy (non-hydrogen) atoms. The van der Waals surface area contributed by atoms with E-state index in [2.05, 4.69) is 46.9 Å². The van der Waals surface area contributed by atoms with Gasteiger partial charge in [-0.05, 0) is 52.0 Å². The number of allylic oxidation sites excluding steroid dienone is 1. The van der Waals surface area contributed by atoms with Gasteiger partial charge in [0.2, 0.25) is 0 Å². The number of amidine groups is 1. The summed E-state index contributed by atoms with van der Waals surface area (Å²) in [5.41, 5.74) is 5.71. The Morgan fingerprint density at radius 3 is 2.83 bits per heavy atom. The summed E-state index contributed by atoms with van der Waals surface area (Å²) in [6.45, 7) is 8.19. The maximum Gasteiger partial charge on any atom is 0.331 e. The maximum atomic E-state index is 12.0. The molecule has 1 N–H and O–H groups in total. The maximum absolute atomic E-state index is 12.0. The molecule has 0 bridgehead atoms. The van der Waals surface area contributed by atoms with Crippen molar-refractivity contribution < 1.29 is 8.78 Å². The van der Waals surface area contributed by atoms with Gasteiger partial charge in [-0.25, -0.2) is 9.98 Å². The third kappa shape index (κ3) is 8.02. The highest BCUT2D eigenvalue weighted by Crippen LogP contribution is 2.17. The standard InChI is InChI=1S/C17H28F2N4/c1-5-14(4)11-16-21-12-23(22-16)15(10-13(2)3)8-6-7-9-20-17(18)19/h9,11,15,17H,2,5-8,10,12H2,1,3-4H3,(H,21,22)/b14-11+,20-9?. The average Bonchev–Trinajstić information content (AvgIpc) is 2.93. The van der Waals surface area contributed by atoms with E-state index in [0.29, 0.717) is 13.1 Å². The van der Waals surface area contributed by atoms with E-state index in [-0.39, 0.29) is 6.04 Å². The van der Waals surface area contributed by atoms with Crippen LogP contribution in [-0.4, -0.2) is 36.3 Å². The summed E-state index contributed by atoms with van der Waals surface area (Å²) >= 11 is 0. The first-order valence-corrected chi connectivity index (χ1v) is 8.11. The SMILES string of the molecule is C=C(C)CC(CCCC=NC(F)F)N1CN=C(/C=C(\C)CC)N1. The van der Waals surface area contributed by atoms with Crippen LogP contribution >= 0.6 is 0 Å². The third-order valence-electron chi connectivity index (χ3n) is 3.71. The minimum atomic E-state index is -2.61. The number of hydrazine groups is 1. The number of hydrogen-bond acceptors (Lipinski definition) is 4. The molecule has 0 aromatic rings. The summed E-state index contributed by atoms with van der Waals surface area (Å²) in [5, 5.41) is 2.10. The highest BCUT2D eigenvalue weighted by molar-refractivity contribution is 5.93. The van der Waals surface area contributed by atoms with Crippen LogP contribution in [0.1, 0.15) is 52.9 Å². The van der Waals surface area contributed by atoms with Gasteiger partial charge in [0.25, 0.3) is 0 Å². The van der Waals surface area contributed by atoms with Gasteiger partial charge in [0.05, 0.1) is 0 Å². The molecule has 1 rings (SSSR count). The molecule has 130 valence electrons. The van der Waals surface area contributed by atoms with Crippen LogP contribution in [0.4, 0.5) is 8.78 Å². The number of alkyl halides is 2. The summed E-state index contributed by atoms with van der Waals surface area (Å²) in [7, 11) is 0. The highest BCUT2D eigenvalue weighted by atomic mass is 19.3. The zero-order valence-corrected chi connectivity index (χ0v) is 14.4. The molecule has 1 aliphatic heterocycles. The predicted molar refractivity (Wildman–Crippen MR) is 92.9 cm³/mol. The Morgan fingerprint density at radius 1 is 1.48 bits per heavy atom. The molecule has 0 spiro atoms. The molecule has 6 heteroatoms. The van der Waals surface area contributed by atoms with Crippen molar-refractivity contribution in [3.8, 4) is 0 Å². The van der Waals surface area contributed by atoms with Crippen molar-refractivity contribution in [3.63, 3.8) is 0 Å². The van der Waals surface area contributed by atoms with E-state index in [1.54, 1.807) is 0 Å².